The number of halogens is 2. The first-order chi connectivity index (χ1) is 10.5. The normalized spacial score (nSPS) is 12.2. The van der Waals surface area contributed by atoms with Gasteiger partial charge in [-0.1, -0.05) is 19.9 Å². The van der Waals surface area contributed by atoms with Crippen LogP contribution in [0.2, 0.25) is 0 Å². The smallest absolute Gasteiger partial charge is 0.258 e. The first-order valence-electron chi connectivity index (χ1n) is 6.88. The largest absolute Gasteiger partial charge is 0.481 e. The van der Waals surface area contributed by atoms with Gasteiger partial charge in [-0.15, -0.1) is 11.3 Å². The van der Waals surface area contributed by atoms with Gasteiger partial charge in [-0.05, 0) is 29.5 Å². The van der Waals surface area contributed by atoms with Crippen molar-refractivity contribution in [2.24, 2.45) is 5.92 Å². The van der Waals surface area contributed by atoms with Gasteiger partial charge in [-0.2, -0.15) is 0 Å². The lowest BCUT2D eigenvalue weighted by Crippen LogP contribution is -2.34. The zero-order chi connectivity index (χ0) is 16.1. The van der Waals surface area contributed by atoms with E-state index in [0.29, 0.717) is 0 Å². The lowest BCUT2D eigenvalue weighted by atomic mass is 10.0. The summed E-state index contributed by atoms with van der Waals surface area (Å²) >= 11 is 1.56. The molecule has 0 fully saturated rings. The molecule has 0 radical (unpaired) electrons. The highest BCUT2D eigenvalue weighted by molar-refractivity contribution is 7.10. The van der Waals surface area contributed by atoms with Gasteiger partial charge < -0.3 is 10.1 Å². The average Bonchev–Trinajstić information content (AvgIpc) is 2.97. The lowest BCUT2D eigenvalue weighted by molar-refractivity contribution is -0.124. The summed E-state index contributed by atoms with van der Waals surface area (Å²) in [6, 6.07) is 6.72. The summed E-state index contributed by atoms with van der Waals surface area (Å²) in [5.74, 6) is -1.80. The SMILES string of the molecule is CC(C)C(NC(=O)COc1ccc(F)cc1F)c1cccs1. The second kappa shape index (κ2) is 7.35. The first kappa shape index (κ1) is 16.4. The Morgan fingerprint density at radius 3 is 2.68 bits per heavy atom. The van der Waals surface area contributed by atoms with Crippen LogP contribution in [0.25, 0.3) is 0 Å². The molecule has 1 aromatic heterocycles. The zero-order valence-corrected chi connectivity index (χ0v) is 13.1. The maximum atomic E-state index is 13.4. The van der Waals surface area contributed by atoms with E-state index in [-0.39, 0.29) is 30.2 Å². The molecule has 1 atom stereocenters. The van der Waals surface area contributed by atoms with Gasteiger partial charge >= 0.3 is 0 Å². The maximum Gasteiger partial charge on any atom is 0.258 e. The van der Waals surface area contributed by atoms with Crippen molar-refractivity contribution in [1.82, 2.24) is 5.32 Å². The van der Waals surface area contributed by atoms with Gasteiger partial charge in [0.05, 0.1) is 6.04 Å². The Morgan fingerprint density at radius 2 is 2.09 bits per heavy atom. The Bertz CT molecular complexity index is 629. The number of carbonyl (C=O) groups excluding carboxylic acids is 1. The second-order valence-electron chi connectivity index (χ2n) is 5.17. The molecular formula is C16H17F2NO2S. The summed E-state index contributed by atoms with van der Waals surface area (Å²) in [6.45, 7) is 3.69. The van der Waals surface area contributed by atoms with Crippen LogP contribution in [-0.4, -0.2) is 12.5 Å². The van der Waals surface area contributed by atoms with E-state index in [1.165, 1.54) is 0 Å². The Kier molecular flexibility index (Phi) is 5.49. The summed E-state index contributed by atoms with van der Waals surface area (Å²) in [7, 11) is 0. The van der Waals surface area contributed by atoms with E-state index < -0.39 is 11.6 Å². The fourth-order valence-corrected chi connectivity index (χ4v) is 2.93. The standard InChI is InChI=1S/C16H17F2NO2S/c1-10(2)16(14-4-3-7-22-14)19-15(20)9-21-13-6-5-11(17)8-12(13)18/h3-8,10,16H,9H2,1-2H3,(H,19,20). The fourth-order valence-electron chi connectivity index (χ4n) is 1.99. The number of benzene rings is 1. The van der Waals surface area contributed by atoms with Crippen molar-refractivity contribution < 1.29 is 18.3 Å². The average molecular weight is 325 g/mol. The molecule has 3 nitrogen and oxygen atoms in total. The summed E-state index contributed by atoms with van der Waals surface area (Å²) < 4.78 is 31.3. The van der Waals surface area contributed by atoms with Gasteiger partial charge in [0.2, 0.25) is 0 Å². The van der Waals surface area contributed by atoms with Crippen molar-refractivity contribution in [2.75, 3.05) is 6.61 Å². The van der Waals surface area contributed by atoms with Gasteiger partial charge in [-0.25, -0.2) is 8.78 Å². The van der Waals surface area contributed by atoms with Gasteiger partial charge in [0.1, 0.15) is 5.82 Å². The Morgan fingerprint density at radius 1 is 1.32 bits per heavy atom. The van der Waals surface area contributed by atoms with Crippen molar-refractivity contribution in [3.05, 3.63) is 52.2 Å². The van der Waals surface area contributed by atoms with Gasteiger partial charge in [0, 0.05) is 10.9 Å². The molecule has 6 heteroatoms. The van der Waals surface area contributed by atoms with Crippen LogP contribution in [-0.2, 0) is 4.79 Å². The number of amides is 1. The minimum Gasteiger partial charge on any atom is -0.481 e. The molecule has 118 valence electrons. The summed E-state index contributed by atoms with van der Waals surface area (Å²) in [5, 5.41) is 4.82. The van der Waals surface area contributed by atoms with E-state index in [4.69, 9.17) is 4.74 Å². The molecule has 22 heavy (non-hydrogen) atoms. The molecule has 1 unspecified atom stereocenters. The molecule has 0 aliphatic rings. The van der Waals surface area contributed by atoms with Gasteiger partial charge in [0.25, 0.3) is 5.91 Å². The lowest BCUT2D eigenvalue weighted by Gasteiger charge is -2.21. The second-order valence-corrected chi connectivity index (χ2v) is 6.15. The van der Waals surface area contributed by atoms with E-state index in [9.17, 15) is 13.6 Å². The van der Waals surface area contributed by atoms with Crippen LogP contribution in [0.15, 0.2) is 35.7 Å². The number of hydrogen-bond acceptors (Lipinski definition) is 3. The Hall–Kier alpha value is -1.95. The van der Waals surface area contributed by atoms with E-state index in [1.54, 1.807) is 11.3 Å². The molecule has 1 heterocycles. The van der Waals surface area contributed by atoms with Crippen molar-refractivity contribution in [3.63, 3.8) is 0 Å². The van der Waals surface area contributed by atoms with Crippen LogP contribution in [0.1, 0.15) is 24.8 Å². The third-order valence-corrected chi connectivity index (χ3v) is 4.04. The number of carbonyl (C=O) groups is 1. The zero-order valence-electron chi connectivity index (χ0n) is 12.3. The van der Waals surface area contributed by atoms with Crippen LogP contribution >= 0.6 is 11.3 Å². The monoisotopic (exact) mass is 325 g/mol. The third-order valence-electron chi connectivity index (χ3n) is 3.09. The van der Waals surface area contributed by atoms with E-state index >= 15 is 0 Å². The molecule has 1 aromatic carbocycles. The summed E-state index contributed by atoms with van der Waals surface area (Å²) in [5.41, 5.74) is 0. The van der Waals surface area contributed by atoms with Crippen molar-refractivity contribution in [2.45, 2.75) is 19.9 Å². The Balaban J connectivity index is 1.94. The molecule has 0 saturated carbocycles. The van der Waals surface area contributed by atoms with Crippen LogP contribution in [0, 0.1) is 17.6 Å². The highest BCUT2D eigenvalue weighted by Gasteiger charge is 2.19. The highest BCUT2D eigenvalue weighted by atomic mass is 32.1. The Labute approximate surface area is 131 Å². The summed E-state index contributed by atoms with van der Waals surface area (Å²) in [6.07, 6.45) is 0. The number of ether oxygens (including phenoxy) is 1. The minimum atomic E-state index is -0.827. The number of thiophene rings is 1. The predicted octanol–water partition coefficient (Wildman–Crippen LogP) is 3.92. The van der Waals surface area contributed by atoms with E-state index in [2.05, 4.69) is 5.32 Å². The topological polar surface area (TPSA) is 38.3 Å². The van der Waals surface area contributed by atoms with Gasteiger partial charge in [-0.3, -0.25) is 4.79 Å². The van der Waals surface area contributed by atoms with E-state index in [0.717, 1.165) is 23.1 Å². The molecule has 0 aliphatic heterocycles. The molecule has 2 rings (SSSR count). The highest BCUT2D eigenvalue weighted by Crippen LogP contribution is 2.25. The maximum absolute atomic E-state index is 13.4. The number of hydrogen-bond donors (Lipinski definition) is 1. The quantitative estimate of drug-likeness (QED) is 0.874. The van der Waals surface area contributed by atoms with Crippen LogP contribution in [0.4, 0.5) is 8.78 Å². The fraction of sp³-hybridized carbons (Fsp3) is 0.312. The predicted molar refractivity (Wildman–Crippen MR) is 81.9 cm³/mol. The van der Waals surface area contributed by atoms with Crippen molar-refractivity contribution >= 4 is 17.2 Å². The first-order valence-corrected chi connectivity index (χ1v) is 7.76. The van der Waals surface area contributed by atoms with Crippen LogP contribution in [0.3, 0.4) is 0 Å². The van der Waals surface area contributed by atoms with Crippen molar-refractivity contribution in [3.8, 4) is 5.75 Å². The number of nitrogens with one attached hydrogen (secondary N) is 1. The molecule has 2 aromatic rings. The molecular weight excluding hydrogens is 308 g/mol. The molecule has 0 aliphatic carbocycles. The van der Waals surface area contributed by atoms with Gasteiger partial charge in [0.15, 0.2) is 18.2 Å². The van der Waals surface area contributed by atoms with Crippen molar-refractivity contribution in [1.29, 1.82) is 0 Å². The van der Waals surface area contributed by atoms with Crippen LogP contribution < -0.4 is 10.1 Å². The molecule has 0 bridgehead atoms. The molecule has 1 amide bonds. The van der Waals surface area contributed by atoms with Crippen LogP contribution in [0.5, 0.6) is 5.75 Å². The van der Waals surface area contributed by atoms with E-state index in [1.807, 2.05) is 31.4 Å². The number of rotatable bonds is 6. The molecule has 1 N–H and O–H groups in total. The molecule has 0 saturated heterocycles. The minimum absolute atomic E-state index is 0.117. The third kappa shape index (κ3) is 4.27. The summed E-state index contributed by atoms with van der Waals surface area (Å²) in [4.78, 5) is 13.0. The molecule has 0 spiro atoms.